The van der Waals surface area contributed by atoms with Gasteiger partial charge in [0.25, 0.3) is 0 Å². The first-order chi connectivity index (χ1) is 18.4. The molecule has 0 saturated heterocycles. The van der Waals surface area contributed by atoms with Gasteiger partial charge < -0.3 is 14.4 Å². The van der Waals surface area contributed by atoms with Crippen molar-refractivity contribution in [3.8, 4) is 16.9 Å². The Kier molecular flexibility index (Phi) is 5.10. The molecule has 0 unspecified atom stereocenters. The molecule has 4 heterocycles. The number of nitrogens with zero attached hydrogens (tertiary/aromatic N) is 5. The fourth-order valence-electron chi connectivity index (χ4n) is 5.61. The summed E-state index contributed by atoms with van der Waals surface area (Å²) in [4.78, 5) is 17.5. The van der Waals surface area contributed by atoms with Crippen molar-refractivity contribution in [2.45, 2.75) is 44.4 Å². The van der Waals surface area contributed by atoms with Crippen LogP contribution in [0.15, 0.2) is 73.3 Å². The number of ether oxygens (including phenoxy) is 1. The van der Waals surface area contributed by atoms with Gasteiger partial charge in [-0.1, -0.05) is 18.2 Å². The van der Waals surface area contributed by atoms with Crippen molar-refractivity contribution in [3.05, 3.63) is 102 Å². The number of fused-ring (bicyclic) bond motifs is 5. The number of hydrogen-bond donors (Lipinski definition) is 1. The van der Waals surface area contributed by atoms with Crippen molar-refractivity contribution >= 4 is 11.0 Å². The van der Waals surface area contributed by atoms with Crippen molar-refractivity contribution in [1.82, 2.24) is 24.5 Å². The molecule has 2 aliphatic rings. The maximum Gasteiger partial charge on any atom is 0.159 e. The molecule has 1 aliphatic heterocycles. The minimum atomic E-state index is -1.17. The quantitative estimate of drug-likeness (QED) is 0.325. The highest BCUT2D eigenvalue weighted by atomic mass is 19.1. The molecule has 7 nitrogen and oxygen atoms in total. The summed E-state index contributed by atoms with van der Waals surface area (Å²) in [6, 6.07) is 15.5. The van der Waals surface area contributed by atoms with Gasteiger partial charge in [-0.15, -0.1) is 0 Å². The molecule has 5 aromatic rings. The third-order valence-corrected chi connectivity index (χ3v) is 7.55. The minimum Gasteiger partial charge on any atom is -0.489 e. The Morgan fingerprint density at radius 3 is 2.61 bits per heavy atom. The number of rotatable bonds is 6. The van der Waals surface area contributed by atoms with Crippen LogP contribution in [-0.2, 0) is 12.2 Å². The van der Waals surface area contributed by atoms with Crippen molar-refractivity contribution in [3.63, 3.8) is 0 Å². The first-order valence-corrected chi connectivity index (χ1v) is 12.8. The van der Waals surface area contributed by atoms with E-state index in [1.807, 2.05) is 36.4 Å². The lowest BCUT2D eigenvalue weighted by Crippen LogP contribution is -2.19. The zero-order valence-electron chi connectivity index (χ0n) is 21.0. The van der Waals surface area contributed by atoms with Crippen LogP contribution in [0.1, 0.15) is 55.0 Å². The van der Waals surface area contributed by atoms with Crippen molar-refractivity contribution in [1.29, 1.82) is 0 Å². The van der Waals surface area contributed by atoms with Crippen LogP contribution in [0.3, 0.4) is 0 Å². The molecular weight excluding hydrogens is 481 g/mol. The van der Waals surface area contributed by atoms with E-state index >= 15 is 4.39 Å². The standard InChI is InChI=1S/C30H26FN5O2/c1-30(2,37)29-33-14-18(15-34-29)20-12-25-24(13-23(20)31)35-28-22-11-21(22)27(36(25)28)19-5-3-4-6-26(19)38-16-17-7-9-32-10-8-17/h3-10,12-15,21-22,27,37H,11,16H2,1-2H3/t21-,22+,27+/m1/s1. The van der Waals surface area contributed by atoms with E-state index in [-0.39, 0.29) is 17.7 Å². The molecule has 1 aliphatic carbocycles. The molecule has 3 atom stereocenters. The summed E-state index contributed by atoms with van der Waals surface area (Å²) < 4.78 is 23.8. The second-order valence-electron chi connectivity index (χ2n) is 10.6. The van der Waals surface area contributed by atoms with Crippen molar-refractivity contribution < 1.29 is 14.2 Å². The molecule has 0 radical (unpaired) electrons. The summed E-state index contributed by atoms with van der Waals surface area (Å²) in [5, 5.41) is 10.2. The van der Waals surface area contributed by atoms with Crippen molar-refractivity contribution in [2.75, 3.05) is 0 Å². The first-order valence-electron chi connectivity index (χ1n) is 12.8. The van der Waals surface area contributed by atoms with Crippen LogP contribution in [0.4, 0.5) is 4.39 Å². The predicted octanol–water partition coefficient (Wildman–Crippen LogP) is 5.54. The molecule has 1 fully saturated rings. The number of hydrogen-bond acceptors (Lipinski definition) is 6. The first kappa shape index (κ1) is 23.0. The highest BCUT2D eigenvalue weighted by Crippen LogP contribution is 2.63. The molecule has 0 bridgehead atoms. The molecule has 2 aromatic carbocycles. The Morgan fingerprint density at radius 2 is 1.84 bits per heavy atom. The van der Waals surface area contributed by atoms with Crippen LogP contribution >= 0.6 is 0 Å². The summed E-state index contributed by atoms with van der Waals surface area (Å²) in [6.45, 7) is 3.69. The molecule has 1 saturated carbocycles. The van der Waals surface area contributed by atoms with Gasteiger partial charge in [0.1, 0.15) is 29.6 Å². The summed E-state index contributed by atoms with van der Waals surface area (Å²) >= 11 is 0. The second-order valence-corrected chi connectivity index (χ2v) is 10.6. The average Bonchev–Trinajstić information content (AvgIpc) is 3.53. The lowest BCUT2D eigenvalue weighted by atomic mass is 10.0. The number of para-hydroxylation sites is 1. The average molecular weight is 508 g/mol. The number of benzene rings is 2. The van der Waals surface area contributed by atoms with E-state index in [0.717, 1.165) is 34.6 Å². The monoisotopic (exact) mass is 507 g/mol. The van der Waals surface area contributed by atoms with Crippen LogP contribution in [0, 0.1) is 11.7 Å². The fraction of sp³-hybridized carbons (Fsp3) is 0.267. The molecule has 3 aromatic heterocycles. The van der Waals surface area contributed by atoms with E-state index < -0.39 is 5.60 Å². The van der Waals surface area contributed by atoms with Gasteiger partial charge in [-0.25, -0.2) is 19.3 Å². The number of imidazole rings is 1. The third-order valence-electron chi connectivity index (χ3n) is 7.55. The maximum atomic E-state index is 15.3. The number of halogens is 1. The number of pyridine rings is 1. The van der Waals surface area contributed by atoms with Crippen LogP contribution in [0.2, 0.25) is 0 Å². The summed E-state index contributed by atoms with van der Waals surface area (Å²) in [5.41, 5.74) is 3.46. The Hall–Kier alpha value is -4.17. The lowest BCUT2D eigenvalue weighted by Gasteiger charge is -2.21. The van der Waals surface area contributed by atoms with E-state index in [4.69, 9.17) is 9.72 Å². The van der Waals surface area contributed by atoms with Gasteiger partial charge in [0, 0.05) is 53.5 Å². The topological polar surface area (TPSA) is 86.0 Å². The van der Waals surface area contributed by atoms with Gasteiger partial charge in [-0.05, 0) is 56.0 Å². The van der Waals surface area contributed by atoms with Crippen molar-refractivity contribution in [2.24, 2.45) is 5.92 Å². The minimum absolute atomic E-state index is 0.0563. The Labute approximate surface area is 219 Å². The normalized spacial score (nSPS) is 19.8. The SMILES string of the molecule is CC(C)(O)c1ncc(-c2cc3c(cc2F)nc2n3[C@@H](c3ccccc3OCc3ccncc3)[C@@H]3C[C@H]23)cn1. The van der Waals surface area contributed by atoms with E-state index in [0.29, 0.717) is 35.1 Å². The number of aromatic nitrogens is 5. The predicted molar refractivity (Wildman–Crippen MR) is 140 cm³/mol. The molecule has 0 spiro atoms. The van der Waals surface area contributed by atoms with Gasteiger partial charge in [-0.3, -0.25) is 4.98 Å². The van der Waals surface area contributed by atoms with Crippen LogP contribution < -0.4 is 4.74 Å². The molecule has 38 heavy (non-hydrogen) atoms. The molecule has 8 heteroatoms. The van der Waals surface area contributed by atoms with Crippen LogP contribution in [-0.4, -0.2) is 29.6 Å². The fourth-order valence-corrected chi connectivity index (χ4v) is 5.61. The maximum absolute atomic E-state index is 15.3. The summed E-state index contributed by atoms with van der Waals surface area (Å²) in [7, 11) is 0. The smallest absolute Gasteiger partial charge is 0.159 e. The van der Waals surface area contributed by atoms with E-state index in [9.17, 15) is 5.11 Å². The molecule has 0 amide bonds. The lowest BCUT2D eigenvalue weighted by molar-refractivity contribution is 0.0687. The van der Waals surface area contributed by atoms with Gasteiger partial charge in [0.2, 0.25) is 0 Å². The Bertz CT molecular complexity index is 1660. The largest absolute Gasteiger partial charge is 0.489 e. The zero-order chi connectivity index (χ0) is 26.0. The highest BCUT2D eigenvalue weighted by molar-refractivity contribution is 5.84. The van der Waals surface area contributed by atoms with Crippen LogP contribution in [0.5, 0.6) is 5.75 Å². The summed E-state index contributed by atoms with van der Waals surface area (Å²) in [6.07, 6.45) is 7.71. The van der Waals surface area contributed by atoms with E-state index in [1.165, 1.54) is 6.07 Å². The van der Waals surface area contributed by atoms with E-state index in [1.54, 1.807) is 38.6 Å². The third kappa shape index (κ3) is 3.75. The Balaban J connectivity index is 1.29. The number of aliphatic hydroxyl groups is 1. The van der Waals surface area contributed by atoms with Gasteiger partial charge in [0.15, 0.2) is 5.82 Å². The summed E-state index contributed by atoms with van der Waals surface area (Å²) in [5.74, 6) is 2.56. The highest BCUT2D eigenvalue weighted by Gasteiger charge is 2.55. The van der Waals surface area contributed by atoms with Gasteiger partial charge in [-0.2, -0.15) is 0 Å². The van der Waals surface area contributed by atoms with Gasteiger partial charge >= 0.3 is 0 Å². The molecular formula is C30H26FN5O2. The van der Waals surface area contributed by atoms with Crippen LogP contribution in [0.25, 0.3) is 22.2 Å². The molecule has 190 valence electrons. The Morgan fingerprint density at radius 1 is 1.08 bits per heavy atom. The molecule has 7 rings (SSSR count). The second kappa shape index (κ2) is 8.43. The van der Waals surface area contributed by atoms with Gasteiger partial charge in [0.05, 0.1) is 17.1 Å². The zero-order valence-corrected chi connectivity index (χ0v) is 21.0. The van der Waals surface area contributed by atoms with E-state index in [2.05, 4.69) is 25.6 Å². The molecule has 1 N–H and O–H groups in total.